The molecule has 0 aromatic carbocycles. The van der Waals surface area contributed by atoms with Crippen LogP contribution in [0.1, 0.15) is 0 Å². The standard InChI is InChI=1S/C8H5F6O.C5H5.Fe/c9-7(10,11)6(15,8(12,13)14)5-3-1-2-4-5;1-2-4-5-3-1;/h1-4,15H;1-5H;/q;;+2. The van der Waals surface area contributed by atoms with Gasteiger partial charge in [-0.25, -0.2) is 0 Å². The molecule has 0 aromatic heterocycles. The molecule has 2 aliphatic rings. The molecule has 0 amide bonds. The van der Waals surface area contributed by atoms with Crippen LogP contribution in [0.3, 0.4) is 0 Å². The summed E-state index contributed by atoms with van der Waals surface area (Å²) in [5.41, 5.74) is -4.80. The summed E-state index contributed by atoms with van der Waals surface area (Å²) in [5.74, 6) is -1.23. The average molecular weight is 352 g/mol. The molecule has 21 heavy (non-hydrogen) atoms. The molecule has 2 rings (SSSR count). The Hall–Kier alpha value is 0.0595. The first-order valence-corrected chi connectivity index (χ1v) is 5.35. The molecule has 8 heteroatoms. The fourth-order valence-electron chi connectivity index (χ4n) is 1.42. The molecule has 2 saturated carbocycles. The van der Waals surface area contributed by atoms with E-state index in [9.17, 15) is 26.3 Å². The van der Waals surface area contributed by atoms with Crippen molar-refractivity contribution >= 4 is 0 Å². The maximum atomic E-state index is 12.2. The van der Waals surface area contributed by atoms with Crippen molar-refractivity contribution in [1.82, 2.24) is 0 Å². The van der Waals surface area contributed by atoms with Crippen LogP contribution < -0.4 is 0 Å². The van der Waals surface area contributed by atoms with Gasteiger partial charge in [0.25, 0.3) is 5.60 Å². The summed E-state index contributed by atoms with van der Waals surface area (Å²) in [6.45, 7) is 0. The van der Waals surface area contributed by atoms with Gasteiger partial charge in [0.1, 0.15) is 0 Å². The van der Waals surface area contributed by atoms with Crippen molar-refractivity contribution in [1.29, 1.82) is 0 Å². The summed E-state index contributed by atoms with van der Waals surface area (Å²) in [6.07, 6.45) is 1.50. The van der Waals surface area contributed by atoms with Gasteiger partial charge in [-0.1, -0.05) is 0 Å². The second-order valence-electron chi connectivity index (χ2n) is 3.84. The van der Waals surface area contributed by atoms with Crippen molar-refractivity contribution in [3.63, 3.8) is 0 Å². The fraction of sp³-hybridized carbons (Fsp3) is 0.231. The van der Waals surface area contributed by atoms with Gasteiger partial charge in [-0.3, -0.25) is 0 Å². The number of rotatable bonds is 1. The van der Waals surface area contributed by atoms with Crippen LogP contribution in [-0.4, -0.2) is 23.1 Å². The summed E-state index contributed by atoms with van der Waals surface area (Å²) < 4.78 is 73.2. The molecule has 0 unspecified atom stereocenters. The number of hydrogen-bond donors (Lipinski definition) is 1. The zero-order valence-electron chi connectivity index (χ0n) is 10.3. The molecule has 0 atom stereocenters. The Kier molecular flexibility index (Phi) is 8.09. The summed E-state index contributed by atoms with van der Waals surface area (Å²) in [6, 6.07) is 0. The molecule has 0 saturated heterocycles. The largest absolute Gasteiger partial charge is 2.00 e. The predicted molar refractivity (Wildman–Crippen MR) is 59.0 cm³/mol. The van der Waals surface area contributed by atoms with Crippen LogP contribution in [0.4, 0.5) is 26.3 Å². The molecule has 0 aromatic rings. The van der Waals surface area contributed by atoms with Crippen LogP contribution in [0.5, 0.6) is 0 Å². The van der Waals surface area contributed by atoms with Crippen LogP contribution in [0.25, 0.3) is 0 Å². The van der Waals surface area contributed by atoms with E-state index in [2.05, 4.69) is 0 Å². The van der Waals surface area contributed by atoms with E-state index in [1.807, 2.05) is 32.1 Å². The first-order valence-electron chi connectivity index (χ1n) is 5.35. The van der Waals surface area contributed by atoms with Crippen LogP contribution in [0.2, 0.25) is 0 Å². The maximum absolute atomic E-state index is 12.2. The van der Waals surface area contributed by atoms with Crippen LogP contribution in [0.15, 0.2) is 0 Å². The van der Waals surface area contributed by atoms with Crippen molar-refractivity contribution < 1.29 is 48.5 Å². The third-order valence-electron chi connectivity index (χ3n) is 2.46. The molecule has 1 nitrogen and oxygen atoms in total. The number of alkyl halides is 6. The Morgan fingerprint density at radius 3 is 1.14 bits per heavy atom. The van der Waals surface area contributed by atoms with Gasteiger partial charge < -0.3 is 5.11 Å². The fourth-order valence-corrected chi connectivity index (χ4v) is 1.42. The van der Waals surface area contributed by atoms with E-state index in [0.717, 1.165) is 12.8 Å². The Morgan fingerprint density at radius 1 is 0.619 bits per heavy atom. The topological polar surface area (TPSA) is 20.2 Å². The third-order valence-corrected chi connectivity index (χ3v) is 2.46. The Balaban J connectivity index is 0.000000562. The molecule has 116 valence electrons. The van der Waals surface area contributed by atoms with Gasteiger partial charge in [0.2, 0.25) is 0 Å². The zero-order valence-corrected chi connectivity index (χ0v) is 11.4. The van der Waals surface area contributed by atoms with Gasteiger partial charge in [0, 0.05) is 5.92 Å². The van der Waals surface area contributed by atoms with Gasteiger partial charge in [-0.2, -0.15) is 26.3 Å². The molecular weight excluding hydrogens is 342 g/mol. The smallest absolute Gasteiger partial charge is 0.373 e. The van der Waals surface area contributed by atoms with E-state index in [0.29, 0.717) is 12.8 Å². The molecule has 2 aliphatic carbocycles. The maximum Gasteiger partial charge on any atom is 2.00 e. The predicted octanol–water partition coefficient (Wildman–Crippen LogP) is 3.27. The summed E-state index contributed by atoms with van der Waals surface area (Å²) in [7, 11) is 0. The second kappa shape index (κ2) is 8.06. The van der Waals surface area contributed by atoms with Crippen molar-refractivity contribution in [3.8, 4) is 0 Å². The molecule has 0 bridgehead atoms. The van der Waals surface area contributed by atoms with Gasteiger partial charge in [0.15, 0.2) is 0 Å². The number of halogens is 6. The minimum absolute atomic E-state index is 0. The van der Waals surface area contributed by atoms with E-state index in [4.69, 9.17) is 5.11 Å². The molecule has 2 fully saturated rings. The van der Waals surface area contributed by atoms with Crippen molar-refractivity contribution in [2.45, 2.75) is 18.0 Å². The second-order valence-corrected chi connectivity index (χ2v) is 3.84. The Bertz CT molecular complexity index is 270. The van der Waals surface area contributed by atoms with Gasteiger partial charge >= 0.3 is 29.4 Å². The van der Waals surface area contributed by atoms with E-state index in [1.165, 1.54) is 0 Å². The quantitative estimate of drug-likeness (QED) is 0.568. The average Bonchev–Trinajstić information content (AvgIpc) is 3.01. The van der Waals surface area contributed by atoms with Crippen LogP contribution >= 0.6 is 0 Å². The van der Waals surface area contributed by atoms with Gasteiger partial charge in [-0.15, -0.1) is 0 Å². The first-order chi connectivity index (χ1) is 9.11. The van der Waals surface area contributed by atoms with Crippen molar-refractivity contribution in [3.05, 3.63) is 63.7 Å². The number of hydrogen-bond acceptors (Lipinski definition) is 1. The molecular formula is C13H10F6FeO+2. The van der Waals surface area contributed by atoms with E-state index in [-0.39, 0.29) is 17.1 Å². The van der Waals surface area contributed by atoms with Crippen LogP contribution in [0, 0.1) is 63.7 Å². The third kappa shape index (κ3) is 5.03. The minimum atomic E-state index is -5.81. The molecule has 0 spiro atoms. The monoisotopic (exact) mass is 352 g/mol. The van der Waals surface area contributed by atoms with E-state index in [1.54, 1.807) is 0 Å². The Morgan fingerprint density at radius 2 is 0.905 bits per heavy atom. The van der Waals surface area contributed by atoms with Crippen molar-refractivity contribution in [2.75, 3.05) is 0 Å². The summed E-state index contributed by atoms with van der Waals surface area (Å²) in [4.78, 5) is 0. The minimum Gasteiger partial charge on any atom is -0.373 e. The molecule has 0 aliphatic heterocycles. The van der Waals surface area contributed by atoms with Crippen molar-refractivity contribution in [2.24, 2.45) is 0 Å². The molecule has 0 heterocycles. The van der Waals surface area contributed by atoms with E-state index >= 15 is 0 Å². The van der Waals surface area contributed by atoms with E-state index < -0.39 is 23.9 Å². The van der Waals surface area contributed by atoms with Gasteiger partial charge in [-0.05, 0) is 57.8 Å². The zero-order chi connectivity index (χ0) is 15.4. The SMILES string of the molecule is OC([C]1[CH][CH][CH][CH]1)(C(F)(F)F)C(F)(F)F.[CH]1[CH][CH][CH][CH]1.[Fe+2]. The summed E-state index contributed by atoms with van der Waals surface area (Å²) in [5, 5.41) is 8.79. The molecule has 1 N–H and O–H groups in total. The Labute approximate surface area is 130 Å². The van der Waals surface area contributed by atoms with Crippen LogP contribution in [-0.2, 0) is 17.1 Å². The first kappa shape index (κ1) is 21.1. The molecule has 10 radical (unpaired) electrons. The summed E-state index contributed by atoms with van der Waals surface area (Å²) >= 11 is 0. The van der Waals surface area contributed by atoms with Gasteiger partial charge in [0.05, 0.1) is 0 Å². The number of aliphatic hydroxyl groups is 1. The normalized spacial score (nSPS) is 20.7.